The Morgan fingerprint density at radius 2 is 1.80 bits per heavy atom. The topological polar surface area (TPSA) is 79.0 Å². The lowest BCUT2D eigenvalue weighted by Gasteiger charge is -2.09. The molecule has 2 aromatic carbocycles. The zero-order chi connectivity index (χ0) is 14.7. The molecule has 1 N–H and O–H groups in total. The molecule has 0 aliphatic heterocycles. The summed E-state index contributed by atoms with van der Waals surface area (Å²) in [5, 5.41) is 22.9. The van der Waals surface area contributed by atoms with Crippen LogP contribution in [-0.2, 0) is 0 Å². The molecular formula is C15H13N3O2. The van der Waals surface area contributed by atoms with Gasteiger partial charge in [-0.2, -0.15) is 5.26 Å². The summed E-state index contributed by atoms with van der Waals surface area (Å²) in [6, 6.07) is 12.1. The molecule has 2 aromatic rings. The Hall–Kier alpha value is -2.87. The van der Waals surface area contributed by atoms with Crippen LogP contribution < -0.4 is 5.32 Å². The van der Waals surface area contributed by atoms with Crippen molar-refractivity contribution in [1.82, 2.24) is 0 Å². The van der Waals surface area contributed by atoms with Gasteiger partial charge in [-0.3, -0.25) is 10.1 Å². The highest BCUT2D eigenvalue weighted by Gasteiger charge is 2.15. The summed E-state index contributed by atoms with van der Waals surface area (Å²) in [6.07, 6.45) is 0. The van der Waals surface area contributed by atoms with Gasteiger partial charge in [-0.1, -0.05) is 6.07 Å². The van der Waals surface area contributed by atoms with Crippen molar-refractivity contribution >= 4 is 17.1 Å². The summed E-state index contributed by atoms with van der Waals surface area (Å²) >= 11 is 0. The molecule has 0 amide bonds. The minimum atomic E-state index is -0.494. The first-order chi connectivity index (χ1) is 9.49. The molecule has 5 nitrogen and oxygen atoms in total. The van der Waals surface area contributed by atoms with E-state index in [1.54, 1.807) is 12.1 Å². The number of nitrogens with zero attached hydrogens (tertiary/aromatic N) is 2. The third kappa shape index (κ3) is 2.93. The van der Waals surface area contributed by atoms with Crippen molar-refractivity contribution in [2.75, 3.05) is 5.32 Å². The largest absolute Gasteiger partial charge is 0.350 e. The highest BCUT2D eigenvalue weighted by atomic mass is 16.6. The van der Waals surface area contributed by atoms with Gasteiger partial charge in [0.1, 0.15) is 5.69 Å². The molecular weight excluding hydrogens is 254 g/mol. The van der Waals surface area contributed by atoms with Crippen LogP contribution in [0.25, 0.3) is 0 Å². The summed E-state index contributed by atoms with van der Waals surface area (Å²) in [5.74, 6) is 0. The van der Waals surface area contributed by atoms with Crippen LogP contribution in [-0.4, -0.2) is 4.92 Å². The maximum absolute atomic E-state index is 11.1. The molecule has 0 fully saturated rings. The molecule has 0 unspecified atom stereocenters. The number of nitro benzene ring substituents is 1. The van der Waals surface area contributed by atoms with Crippen molar-refractivity contribution in [1.29, 1.82) is 5.26 Å². The third-order valence-electron chi connectivity index (χ3n) is 2.82. The van der Waals surface area contributed by atoms with E-state index < -0.39 is 4.92 Å². The standard InChI is InChI=1S/C15H13N3O2/c1-10-5-11(2)7-13(6-10)17-14-4-3-12(9-16)8-15(14)18(19)20/h3-8,17H,1-2H3. The van der Waals surface area contributed by atoms with Crippen LogP contribution in [0.15, 0.2) is 36.4 Å². The van der Waals surface area contributed by atoms with E-state index in [9.17, 15) is 10.1 Å². The average molecular weight is 267 g/mol. The SMILES string of the molecule is Cc1cc(C)cc(Nc2ccc(C#N)cc2[N+](=O)[O-])c1. The Labute approximate surface area is 116 Å². The van der Waals surface area contributed by atoms with Crippen molar-refractivity contribution in [3.8, 4) is 6.07 Å². The van der Waals surface area contributed by atoms with Crippen LogP contribution in [0.2, 0.25) is 0 Å². The molecule has 0 radical (unpaired) electrons. The lowest BCUT2D eigenvalue weighted by atomic mass is 10.1. The lowest BCUT2D eigenvalue weighted by molar-refractivity contribution is -0.383. The van der Waals surface area contributed by atoms with Gasteiger partial charge in [-0.25, -0.2) is 0 Å². The van der Waals surface area contributed by atoms with Gasteiger partial charge >= 0.3 is 0 Å². The highest BCUT2D eigenvalue weighted by Crippen LogP contribution is 2.29. The number of aryl methyl sites for hydroxylation is 2. The molecule has 2 rings (SSSR count). The van der Waals surface area contributed by atoms with Crippen molar-refractivity contribution in [2.24, 2.45) is 0 Å². The van der Waals surface area contributed by atoms with E-state index in [0.717, 1.165) is 16.8 Å². The number of benzene rings is 2. The van der Waals surface area contributed by atoms with Crippen molar-refractivity contribution < 1.29 is 4.92 Å². The number of hydrogen-bond acceptors (Lipinski definition) is 4. The Morgan fingerprint density at radius 3 is 2.35 bits per heavy atom. The van der Waals surface area contributed by atoms with E-state index >= 15 is 0 Å². The molecule has 20 heavy (non-hydrogen) atoms. The van der Waals surface area contributed by atoms with Gasteiger partial charge in [-0.15, -0.1) is 0 Å². The number of nitriles is 1. The molecule has 0 saturated heterocycles. The zero-order valence-electron chi connectivity index (χ0n) is 11.2. The molecule has 0 aliphatic carbocycles. The van der Waals surface area contributed by atoms with Gasteiger partial charge in [-0.05, 0) is 49.2 Å². The second-order valence-electron chi connectivity index (χ2n) is 4.60. The van der Waals surface area contributed by atoms with E-state index in [2.05, 4.69) is 5.32 Å². The Bertz CT molecular complexity index is 697. The predicted molar refractivity (Wildman–Crippen MR) is 77.0 cm³/mol. The molecule has 0 saturated carbocycles. The number of nitrogens with one attached hydrogen (secondary N) is 1. The Kier molecular flexibility index (Phi) is 3.67. The first-order valence-electron chi connectivity index (χ1n) is 6.03. The number of hydrogen-bond donors (Lipinski definition) is 1. The van der Waals surface area contributed by atoms with Gasteiger partial charge in [0.05, 0.1) is 16.6 Å². The first-order valence-corrected chi connectivity index (χ1v) is 6.03. The smallest absolute Gasteiger partial charge is 0.293 e. The van der Waals surface area contributed by atoms with Crippen LogP contribution in [0, 0.1) is 35.3 Å². The van der Waals surface area contributed by atoms with Crippen LogP contribution in [0.3, 0.4) is 0 Å². The summed E-state index contributed by atoms with van der Waals surface area (Å²) in [6.45, 7) is 3.93. The van der Waals surface area contributed by atoms with Gasteiger partial charge in [0.2, 0.25) is 0 Å². The number of anilines is 2. The monoisotopic (exact) mass is 267 g/mol. The molecule has 0 spiro atoms. The number of rotatable bonds is 3. The van der Waals surface area contributed by atoms with Crippen molar-refractivity contribution in [3.05, 3.63) is 63.2 Å². The fourth-order valence-electron chi connectivity index (χ4n) is 2.06. The molecule has 100 valence electrons. The van der Waals surface area contributed by atoms with Gasteiger partial charge in [0.25, 0.3) is 5.69 Å². The van der Waals surface area contributed by atoms with Crippen LogP contribution >= 0.6 is 0 Å². The average Bonchev–Trinajstić information content (AvgIpc) is 2.37. The Morgan fingerprint density at radius 1 is 1.15 bits per heavy atom. The van der Waals surface area contributed by atoms with E-state index in [1.165, 1.54) is 6.07 Å². The Balaban J connectivity index is 2.43. The van der Waals surface area contributed by atoms with Gasteiger partial charge < -0.3 is 5.32 Å². The van der Waals surface area contributed by atoms with Gasteiger partial charge in [0.15, 0.2) is 0 Å². The van der Waals surface area contributed by atoms with E-state index in [1.807, 2.05) is 38.1 Å². The normalized spacial score (nSPS) is 9.85. The highest BCUT2D eigenvalue weighted by molar-refractivity contribution is 5.71. The summed E-state index contributed by atoms with van der Waals surface area (Å²) in [7, 11) is 0. The first kappa shape index (κ1) is 13.6. The minimum absolute atomic E-state index is 0.108. The molecule has 0 atom stereocenters. The fourth-order valence-corrected chi connectivity index (χ4v) is 2.06. The molecule has 0 aromatic heterocycles. The minimum Gasteiger partial charge on any atom is -0.350 e. The molecule has 0 heterocycles. The molecule has 0 bridgehead atoms. The van der Waals surface area contributed by atoms with Crippen LogP contribution in [0.5, 0.6) is 0 Å². The van der Waals surface area contributed by atoms with E-state index in [-0.39, 0.29) is 11.3 Å². The predicted octanol–water partition coefficient (Wildman–Crippen LogP) is 3.83. The summed E-state index contributed by atoms with van der Waals surface area (Å²) in [4.78, 5) is 10.6. The quantitative estimate of drug-likeness (QED) is 0.677. The van der Waals surface area contributed by atoms with Crippen LogP contribution in [0.1, 0.15) is 16.7 Å². The molecule has 0 aliphatic rings. The second-order valence-corrected chi connectivity index (χ2v) is 4.60. The second kappa shape index (κ2) is 5.41. The lowest BCUT2D eigenvalue weighted by Crippen LogP contribution is -1.98. The van der Waals surface area contributed by atoms with Crippen LogP contribution in [0.4, 0.5) is 17.1 Å². The fraction of sp³-hybridized carbons (Fsp3) is 0.133. The maximum Gasteiger partial charge on any atom is 0.293 e. The maximum atomic E-state index is 11.1. The third-order valence-corrected chi connectivity index (χ3v) is 2.82. The summed E-state index contributed by atoms with van der Waals surface area (Å²) in [5.41, 5.74) is 3.47. The van der Waals surface area contributed by atoms with E-state index in [0.29, 0.717) is 5.69 Å². The van der Waals surface area contributed by atoms with Gasteiger partial charge in [0, 0.05) is 11.8 Å². The van der Waals surface area contributed by atoms with Crippen molar-refractivity contribution in [2.45, 2.75) is 13.8 Å². The molecule has 5 heteroatoms. The van der Waals surface area contributed by atoms with Crippen molar-refractivity contribution in [3.63, 3.8) is 0 Å². The summed E-state index contributed by atoms with van der Waals surface area (Å²) < 4.78 is 0. The van der Waals surface area contributed by atoms with E-state index in [4.69, 9.17) is 5.26 Å². The number of nitro groups is 1. The zero-order valence-corrected chi connectivity index (χ0v) is 11.2.